The summed E-state index contributed by atoms with van der Waals surface area (Å²) in [4.78, 5) is 18.9. The third kappa shape index (κ3) is 4.09. The van der Waals surface area contributed by atoms with Gasteiger partial charge in [0.15, 0.2) is 0 Å². The fraction of sp³-hybridized carbons (Fsp3) is 0.550. The van der Waals surface area contributed by atoms with Crippen molar-refractivity contribution in [3.63, 3.8) is 0 Å². The number of pyridine rings is 1. The molecule has 2 fully saturated rings. The molecule has 0 atom stereocenters. The van der Waals surface area contributed by atoms with Gasteiger partial charge in [0.1, 0.15) is 0 Å². The molecule has 25 heavy (non-hydrogen) atoms. The molecule has 5 heteroatoms. The topological polar surface area (TPSA) is 51.0 Å². The zero-order chi connectivity index (χ0) is 17.1. The Morgan fingerprint density at radius 1 is 1.12 bits per heavy atom. The number of amides is 1. The zero-order valence-corrected chi connectivity index (χ0v) is 14.7. The van der Waals surface area contributed by atoms with Gasteiger partial charge in [-0.3, -0.25) is 14.5 Å². The van der Waals surface area contributed by atoms with Gasteiger partial charge in [-0.25, -0.2) is 0 Å². The molecule has 2 aromatic rings. The molecule has 0 radical (unpaired) electrons. The molecule has 0 bridgehead atoms. The van der Waals surface area contributed by atoms with Crippen LogP contribution >= 0.6 is 0 Å². The Morgan fingerprint density at radius 3 is 2.60 bits per heavy atom. The minimum Gasteiger partial charge on any atom is -0.338 e. The Kier molecular flexibility index (Phi) is 4.81. The maximum atomic E-state index is 12.7. The van der Waals surface area contributed by atoms with Gasteiger partial charge in [0.25, 0.3) is 0 Å². The van der Waals surface area contributed by atoms with Crippen LogP contribution in [0.1, 0.15) is 44.9 Å². The summed E-state index contributed by atoms with van der Waals surface area (Å²) < 4.78 is 1.96. The first kappa shape index (κ1) is 16.3. The number of aromatic nitrogens is 3. The van der Waals surface area contributed by atoms with Crippen LogP contribution < -0.4 is 0 Å². The predicted molar refractivity (Wildman–Crippen MR) is 96.8 cm³/mol. The van der Waals surface area contributed by atoms with Crippen LogP contribution in [0, 0.1) is 5.92 Å². The largest absolute Gasteiger partial charge is 0.338 e. The van der Waals surface area contributed by atoms with Crippen molar-refractivity contribution in [2.24, 2.45) is 5.92 Å². The molecule has 132 valence electrons. The summed E-state index contributed by atoms with van der Waals surface area (Å²) in [5, 5.41) is 4.66. The summed E-state index contributed by atoms with van der Waals surface area (Å²) >= 11 is 0. The molecule has 0 saturated heterocycles. The minimum absolute atomic E-state index is 0.357. The maximum Gasteiger partial charge on any atom is 0.223 e. The second-order valence-corrected chi connectivity index (χ2v) is 7.37. The van der Waals surface area contributed by atoms with Crippen LogP contribution in [0.5, 0.6) is 0 Å². The van der Waals surface area contributed by atoms with Gasteiger partial charge in [-0.05, 0) is 49.8 Å². The van der Waals surface area contributed by atoms with Crippen LogP contribution in [-0.4, -0.2) is 38.2 Å². The van der Waals surface area contributed by atoms with E-state index in [0.29, 0.717) is 17.9 Å². The number of hydrogen-bond donors (Lipinski definition) is 0. The summed E-state index contributed by atoms with van der Waals surface area (Å²) in [6.07, 6.45) is 13.6. The summed E-state index contributed by atoms with van der Waals surface area (Å²) in [5.41, 5.74) is 2.03. The van der Waals surface area contributed by atoms with Crippen molar-refractivity contribution in [3.05, 3.63) is 36.8 Å². The molecule has 0 aliphatic heterocycles. The molecule has 1 amide bonds. The maximum absolute atomic E-state index is 12.7. The van der Waals surface area contributed by atoms with Crippen LogP contribution in [0.25, 0.3) is 11.3 Å². The number of nitrogens with zero attached hydrogens (tertiary/aromatic N) is 4. The van der Waals surface area contributed by atoms with Crippen LogP contribution in [0.15, 0.2) is 36.8 Å². The Labute approximate surface area is 149 Å². The van der Waals surface area contributed by atoms with Gasteiger partial charge < -0.3 is 4.90 Å². The normalized spacial score (nSPS) is 17.8. The predicted octanol–water partition coefficient (Wildman–Crippen LogP) is 3.52. The summed E-state index contributed by atoms with van der Waals surface area (Å²) in [7, 11) is 0. The molecule has 2 aromatic heterocycles. The van der Waals surface area contributed by atoms with Gasteiger partial charge in [0, 0.05) is 43.2 Å². The van der Waals surface area contributed by atoms with Gasteiger partial charge in [0.2, 0.25) is 5.91 Å². The van der Waals surface area contributed by atoms with Gasteiger partial charge in [-0.15, -0.1) is 0 Å². The highest BCUT2D eigenvalue weighted by atomic mass is 16.2. The molecule has 5 nitrogen and oxygen atoms in total. The van der Waals surface area contributed by atoms with E-state index in [1.54, 1.807) is 12.4 Å². The molecule has 0 spiro atoms. The van der Waals surface area contributed by atoms with Gasteiger partial charge >= 0.3 is 0 Å². The Hall–Kier alpha value is -2.17. The van der Waals surface area contributed by atoms with Gasteiger partial charge in [0.05, 0.1) is 12.2 Å². The van der Waals surface area contributed by atoms with Crippen molar-refractivity contribution < 1.29 is 4.79 Å². The van der Waals surface area contributed by atoms with E-state index in [1.807, 2.05) is 29.1 Å². The first-order valence-corrected chi connectivity index (χ1v) is 9.53. The lowest BCUT2D eigenvalue weighted by Crippen LogP contribution is -2.41. The summed E-state index contributed by atoms with van der Waals surface area (Å²) in [6.45, 7) is 1.53. The Bertz CT molecular complexity index is 701. The number of hydrogen-bond acceptors (Lipinski definition) is 3. The lowest BCUT2D eigenvalue weighted by atomic mass is 10.1. The lowest BCUT2D eigenvalue weighted by Gasteiger charge is -2.29. The molecule has 2 saturated carbocycles. The zero-order valence-electron chi connectivity index (χ0n) is 14.7. The Balaban J connectivity index is 1.40. The van der Waals surface area contributed by atoms with Crippen molar-refractivity contribution in [3.8, 4) is 11.3 Å². The van der Waals surface area contributed by atoms with E-state index in [0.717, 1.165) is 43.6 Å². The van der Waals surface area contributed by atoms with E-state index in [1.165, 1.54) is 25.7 Å². The van der Waals surface area contributed by atoms with Crippen LogP contribution in [-0.2, 0) is 11.3 Å². The molecule has 0 N–H and O–H groups in total. The standard InChI is InChI=1S/C20H26N4O/c25-20(15-16-5-6-16)24(18-3-1-2-4-18)14-13-23-12-9-19(22-23)17-7-10-21-11-8-17/h7-12,16,18H,1-6,13-15H2. The molecule has 4 rings (SSSR count). The fourth-order valence-electron chi connectivity index (χ4n) is 3.79. The van der Waals surface area contributed by atoms with E-state index >= 15 is 0 Å². The fourth-order valence-corrected chi connectivity index (χ4v) is 3.79. The van der Waals surface area contributed by atoms with Crippen LogP contribution in [0.4, 0.5) is 0 Å². The lowest BCUT2D eigenvalue weighted by molar-refractivity contribution is -0.134. The number of carbonyl (C=O) groups excluding carboxylic acids is 1. The van der Waals surface area contributed by atoms with E-state index in [4.69, 9.17) is 0 Å². The molecular formula is C20H26N4O. The average molecular weight is 338 g/mol. The van der Waals surface area contributed by atoms with E-state index < -0.39 is 0 Å². The second-order valence-electron chi connectivity index (χ2n) is 7.37. The smallest absolute Gasteiger partial charge is 0.223 e. The monoisotopic (exact) mass is 338 g/mol. The van der Waals surface area contributed by atoms with Crippen molar-refractivity contribution in [1.82, 2.24) is 19.7 Å². The molecule has 2 aliphatic rings. The highest BCUT2D eigenvalue weighted by Gasteiger charge is 2.31. The second kappa shape index (κ2) is 7.38. The minimum atomic E-state index is 0.357. The third-order valence-corrected chi connectivity index (χ3v) is 5.43. The first-order valence-electron chi connectivity index (χ1n) is 9.53. The Morgan fingerprint density at radius 2 is 1.88 bits per heavy atom. The first-order chi connectivity index (χ1) is 12.3. The molecule has 2 heterocycles. The van der Waals surface area contributed by atoms with Gasteiger partial charge in [-0.2, -0.15) is 5.10 Å². The summed E-state index contributed by atoms with van der Waals surface area (Å²) in [6, 6.07) is 6.41. The van der Waals surface area contributed by atoms with Crippen molar-refractivity contribution in [2.45, 2.75) is 57.5 Å². The number of rotatable bonds is 7. The third-order valence-electron chi connectivity index (χ3n) is 5.43. The van der Waals surface area contributed by atoms with Gasteiger partial charge in [-0.1, -0.05) is 12.8 Å². The molecule has 0 aromatic carbocycles. The quantitative estimate of drug-likeness (QED) is 0.776. The van der Waals surface area contributed by atoms with E-state index in [9.17, 15) is 4.79 Å². The average Bonchev–Trinajstić information content (AvgIpc) is 3.12. The molecule has 2 aliphatic carbocycles. The number of carbonyl (C=O) groups is 1. The van der Waals surface area contributed by atoms with Crippen molar-refractivity contribution in [1.29, 1.82) is 0 Å². The van der Waals surface area contributed by atoms with Crippen molar-refractivity contribution >= 4 is 5.91 Å². The van der Waals surface area contributed by atoms with Crippen molar-refractivity contribution in [2.75, 3.05) is 6.54 Å². The molecular weight excluding hydrogens is 312 g/mol. The SMILES string of the molecule is O=C(CC1CC1)N(CCn1ccc(-c2ccncc2)n1)C1CCCC1. The highest BCUT2D eigenvalue weighted by Crippen LogP contribution is 2.34. The van der Waals surface area contributed by atoms with Crippen LogP contribution in [0.2, 0.25) is 0 Å². The van der Waals surface area contributed by atoms with E-state index in [-0.39, 0.29) is 0 Å². The van der Waals surface area contributed by atoms with Crippen LogP contribution in [0.3, 0.4) is 0 Å². The highest BCUT2D eigenvalue weighted by molar-refractivity contribution is 5.77. The molecule has 0 unspecified atom stereocenters. The summed E-state index contributed by atoms with van der Waals surface area (Å²) in [5.74, 6) is 1.01. The van der Waals surface area contributed by atoms with E-state index in [2.05, 4.69) is 15.0 Å².